The van der Waals surface area contributed by atoms with Gasteiger partial charge in [0.1, 0.15) is 18.2 Å². The van der Waals surface area contributed by atoms with Crippen LogP contribution in [0.2, 0.25) is 0 Å². The maximum Gasteiger partial charge on any atom is 0.408 e. The van der Waals surface area contributed by atoms with E-state index >= 15 is 0 Å². The molecule has 1 amide bonds. The molecule has 188 valence electrons. The van der Waals surface area contributed by atoms with Gasteiger partial charge in [-0.15, -0.1) is 0 Å². The second-order valence-corrected chi connectivity index (χ2v) is 8.95. The third kappa shape index (κ3) is 8.08. The molecular weight excluding hydrogens is 464 g/mol. The van der Waals surface area contributed by atoms with Gasteiger partial charge in [0, 0.05) is 24.4 Å². The summed E-state index contributed by atoms with van der Waals surface area (Å²) in [6, 6.07) is 17.9. The Morgan fingerprint density at radius 1 is 1.00 bits per heavy atom. The fourth-order valence-electron chi connectivity index (χ4n) is 3.21. The summed E-state index contributed by atoms with van der Waals surface area (Å²) in [5.74, 6) is -0.477. The number of amides is 1. The quantitative estimate of drug-likeness (QED) is 0.244. The molecule has 3 aromatic rings. The van der Waals surface area contributed by atoms with E-state index in [4.69, 9.17) is 9.47 Å². The number of pyridine rings is 1. The molecule has 1 aromatic heterocycles. The molecule has 0 fully saturated rings. The smallest absolute Gasteiger partial charge is 0.408 e. The van der Waals surface area contributed by atoms with Crippen LogP contribution in [0.3, 0.4) is 0 Å². The number of benzene rings is 2. The molecule has 0 saturated heterocycles. The van der Waals surface area contributed by atoms with Gasteiger partial charge < -0.3 is 20.1 Å². The second-order valence-electron chi connectivity index (χ2n) is 8.95. The Morgan fingerprint density at radius 3 is 2.33 bits per heavy atom. The molecule has 0 aliphatic heterocycles. The highest BCUT2D eigenvalue weighted by Gasteiger charge is 2.27. The molecule has 2 aromatic carbocycles. The molecule has 10 nitrogen and oxygen atoms in total. The van der Waals surface area contributed by atoms with Crippen LogP contribution in [0.4, 0.5) is 22.0 Å². The van der Waals surface area contributed by atoms with Crippen LogP contribution in [0.1, 0.15) is 31.9 Å². The van der Waals surface area contributed by atoms with Crippen LogP contribution in [0.25, 0.3) is 0 Å². The van der Waals surface area contributed by atoms with Gasteiger partial charge in [0.2, 0.25) is 5.82 Å². The first-order chi connectivity index (χ1) is 17.1. The summed E-state index contributed by atoms with van der Waals surface area (Å²) in [6.45, 7) is 5.29. The molecule has 36 heavy (non-hydrogen) atoms. The topological polar surface area (TPSA) is 133 Å². The summed E-state index contributed by atoms with van der Waals surface area (Å²) >= 11 is 0. The van der Waals surface area contributed by atoms with E-state index in [-0.39, 0.29) is 24.5 Å². The Balaban J connectivity index is 1.68. The Labute approximate surface area is 208 Å². The van der Waals surface area contributed by atoms with E-state index in [1.165, 1.54) is 18.3 Å². The van der Waals surface area contributed by atoms with Crippen LogP contribution in [0.5, 0.6) is 0 Å². The SMILES string of the molecule is CC(C)(C)OC(=O)[C@@H](Cc1ccc(Nc2ncccc2[N+](=O)[O-])cc1)NC(=O)OCc1ccccc1. The molecule has 0 saturated carbocycles. The Hall–Kier alpha value is -4.47. The molecule has 0 radical (unpaired) electrons. The summed E-state index contributed by atoms with van der Waals surface area (Å²) in [5, 5.41) is 16.7. The van der Waals surface area contributed by atoms with Crippen molar-refractivity contribution in [3.63, 3.8) is 0 Å². The minimum Gasteiger partial charge on any atom is -0.458 e. The number of hydrogen-bond donors (Lipinski definition) is 2. The number of nitro groups is 1. The molecule has 3 rings (SSSR count). The highest BCUT2D eigenvalue weighted by molar-refractivity contribution is 5.82. The number of hydrogen-bond acceptors (Lipinski definition) is 8. The van der Waals surface area contributed by atoms with E-state index in [2.05, 4.69) is 15.6 Å². The number of anilines is 2. The summed E-state index contributed by atoms with van der Waals surface area (Å²) in [6.07, 6.45) is 0.868. The van der Waals surface area contributed by atoms with Crippen molar-refractivity contribution in [2.45, 2.75) is 45.4 Å². The van der Waals surface area contributed by atoms with Gasteiger partial charge >= 0.3 is 17.7 Å². The number of carbonyl (C=O) groups excluding carboxylic acids is 2. The van der Waals surface area contributed by atoms with E-state index in [1.807, 2.05) is 30.3 Å². The van der Waals surface area contributed by atoms with Gasteiger partial charge in [-0.2, -0.15) is 0 Å². The third-order valence-corrected chi connectivity index (χ3v) is 4.84. The normalized spacial score (nSPS) is 11.8. The van der Waals surface area contributed by atoms with Crippen LogP contribution >= 0.6 is 0 Å². The predicted octanol–water partition coefficient (Wildman–Crippen LogP) is 4.91. The van der Waals surface area contributed by atoms with Gasteiger partial charge in [-0.1, -0.05) is 42.5 Å². The van der Waals surface area contributed by atoms with Crippen molar-refractivity contribution in [2.75, 3.05) is 5.32 Å². The maximum atomic E-state index is 12.8. The maximum absolute atomic E-state index is 12.8. The van der Waals surface area contributed by atoms with Crippen molar-refractivity contribution in [1.82, 2.24) is 10.3 Å². The van der Waals surface area contributed by atoms with E-state index in [0.717, 1.165) is 11.1 Å². The number of aromatic nitrogens is 1. The number of nitrogens with one attached hydrogen (secondary N) is 2. The Kier molecular flexibility index (Phi) is 8.56. The minimum atomic E-state index is -0.983. The Bertz CT molecular complexity index is 1190. The van der Waals surface area contributed by atoms with Gasteiger partial charge in [-0.25, -0.2) is 14.6 Å². The molecule has 1 heterocycles. The lowest BCUT2D eigenvalue weighted by Gasteiger charge is -2.24. The van der Waals surface area contributed by atoms with Gasteiger partial charge in [-0.3, -0.25) is 10.1 Å². The summed E-state index contributed by atoms with van der Waals surface area (Å²) in [7, 11) is 0. The minimum absolute atomic E-state index is 0.0632. The molecule has 1 atom stereocenters. The van der Waals surface area contributed by atoms with Crippen molar-refractivity contribution < 1.29 is 24.0 Å². The monoisotopic (exact) mass is 492 g/mol. The lowest BCUT2D eigenvalue weighted by Crippen LogP contribution is -2.45. The van der Waals surface area contributed by atoms with Crippen molar-refractivity contribution in [3.8, 4) is 0 Å². The average Bonchev–Trinajstić information content (AvgIpc) is 2.83. The summed E-state index contributed by atoms with van der Waals surface area (Å²) in [4.78, 5) is 39.9. The third-order valence-electron chi connectivity index (χ3n) is 4.84. The van der Waals surface area contributed by atoms with Gasteiger partial charge in [0.05, 0.1) is 4.92 Å². The number of alkyl carbamates (subject to hydrolysis) is 1. The van der Waals surface area contributed by atoms with Gasteiger partial charge in [-0.05, 0) is 50.1 Å². The zero-order valence-corrected chi connectivity index (χ0v) is 20.3. The lowest BCUT2D eigenvalue weighted by molar-refractivity contribution is -0.384. The standard InChI is InChI=1S/C26H28N4O6/c1-26(2,3)36-24(31)21(29-25(32)35-17-19-8-5-4-6-9-19)16-18-11-13-20(14-12-18)28-23-22(30(33)34)10-7-15-27-23/h4-15,21H,16-17H2,1-3H3,(H,27,28)(H,29,32)/t21-/m1/s1. The number of nitrogens with zero attached hydrogens (tertiary/aromatic N) is 2. The summed E-state index contributed by atoms with van der Waals surface area (Å²) < 4.78 is 10.7. The molecule has 0 spiro atoms. The molecule has 0 aliphatic rings. The van der Waals surface area contributed by atoms with E-state index in [0.29, 0.717) is 5.69 Å². The highest BCUT2D eigenvalue weighted by atomic mass is 16.6. The fourth-order valence-corrected chi connectivity index (χ4v) is 3.21. The van der Waals surface area contributed by atoms with Crippen LogP contribution in [-0.4, -0.2) is 33.6 Å². The number of rotatable bonds is 9. The van der Waals surface area contributed by atoms with Gasteiger partial charge in [0.25, 0.3) is 0 Å². The molecule has 0 unspecified atom stereocenters. The lowest BCUT2D eigenvalue weighted by atomic mass is 10.0. The first-order valence-electron chi connectivity index (χ1n) is 11.3. The van der Waals surface area contributed by atoms with Crippen LogP contribution in [0, 0.1) is 10.1 Å². The predicted molar refractivity (Wildman–Crippen MR) is 134 cm³/mol. The zero-order chi connectivity index (χ0) is 26.1. The molecule has 10 heteroatoms. The van der Waals surface area contributed by atoms with Crippen molar-refractivity contribution in [1.29, 1.82) is 0 Å². The first kappa shape index (κ1) is 26.1. The molecular formula is C26H28N4O6. The Morgan fingerprint density at radius 2 is 1.69 bits per heavy atom. The largest absolute Gasteiger partial charge is 0.458 e. The number of ether oxygens (including phenoxy) is 2. The average molecular weight is 493 g/mol. The van der Waals surface area contributed by atoms with E-state index < -0.39 is 28.6 Å². The van der Waals surface area contributed by atoms with Crippen LogP contribution in [-0.2, 0) is 27.3 Å². The molecule has 0 bridgehead atoms. The highest BCUT2D eigenvalue weighted by Crippen LogP contribution is 2.25. The first-order valence-corrected chi connectivity index (χ1v) is 11.3. The van der Waals surface area contributed by atoms with E-state index in [1.54, 1.807) is 45.0 Å². The summed E-state index contributed by atoms with van der Waals surface area (Å²) in [5.41, 5.74) is 1.23. The van der Waals surface area contributed by atoms with Crippen molar-refractivity contribution in [2.24, 2.45) is 0 Å². The van der Waals surface area contributed by atoms with Gasteiger partial charge in [0.15, 0.2) is 0 Å². The number of esters is 1. The zero-order valence-electron chi connectivity index (χ0n) is 20.3. The molecule has 2 N–H and O–H groups in total. The number of carbonyl (C=O) groups is 2. The fraction of sp³-hybridized carbons (Fsp3) is 0.269. The van der Waals surface area contributed by atoms with Crippen molar-refractivity contribution >= 4 is 29.3 Å². The van der Waals surface area contributed by atoms with Crippen LogP contribution < -0.4 is 10.6 Å². The molecule has 0 aliphatic carbocycles. The second kappa shape index (κ2) is 11.8. The van der Waals surface area contributed by atoms with Crippen LogP contribution in [0.15, 0.2) is 72.9 Å². The van der Waals surface area contributed by atoms with E-state index in [9.17, 15) is 19.7 Å². The van der Waals surface area contributed by atoms with Crippen molar-refractivity contribution in [3.05, 3.63) is 94.2 Å².